The summed E-state index contributed by atoms with van der Waals surface area (Å²) in [5.41, 5.74) is 1.15. The van der Waals surface area contributed by atoms with Gasteiger partial charge in [0.25, 0.3) is 5.78 Å². The molecule has 1 N–H and O–H groups in total. The number of esters is 1. The van der Waals surface area contributed by atoms with Gasteiger partial charge in [0.1, 0.15) is 22.4 Å². The van der Waals surface area contributed by atoms with Crippen LogP contribution in [0.5, 0.6) is 5.75 Å². The van der Waals surface area contributed by atoms with E-state index in [9.17, 15) is 19.5 Å². The van der Waals surface area contributed by atoms with Crippen molar-refractivity contribution in [3.63, 3.8) is 0 Å². The van der Waals surface area contributed by atoms with Crippen LogP contribution in [0, 0.1) is 6.92 Å². The van der Waals surface area contributed by atoms with E-state index in [1.165, 1.54) is 19.1 Å². The third-order valence-corrected chi connectivity index (χ3v) is 6.42. The number of anilines is 1. The van der Waals surface area contributed by atoms with E-state index in [4.69, 9.17) is 9.47 Å². The molecule has 8 nitrogen and oxygen atoms in total. The lowest BCUT2D eigenvalue weighted by molar-refractivity contribution is -0.132. The van der Waals surface area contributed by atoms with E-state index in [2.05, 4.69) is 4.98 Å². The topological polar surface area (TPSA) is 106 Å². The van der Waals surface area contributed by atoms with Gasteiger partial charge in [0.05, 0.1) is 25.5 Å². The van der Waals surface area contributed by atoms with Crippen LogP contribution in [0.25, 0.3) is 5.76 Å². The highest BCUT2D eigenvalue weighted by molar-refractivity contribution is 7.17. The van der Waals surface area contributed by atoms with Crippen LogP contribution in [0.1, 0.15) is 32.5 Å². The molecule has 9 heteroatoms. The van der Waals surface area contributed by atoms with Gasteiger partial charge in [0.15, 0.2) is 5.13 Å². The maximum Gasteiger partial charge on any atom is 0.350 e. The van der Waals surface area contributed by atoms with Crippen molar-refractivity contribution >= 4 is 39.9 Å². The van der Waals surface area contributed by atoms with E-state index in [-0.39, 0.29) is 21.3 Å². The molecule has 0 spiro atoms. The lowest BCUT2D eigenvalue weighted by Crippen LogP contribution is -2.29. The molecule has 1 aliphatic heterocycles. The highest BCUT2D eigenvalue weighted by Crippen LogP contribution is 2.46. The number of hydrogen-bond acceptors (Lipinski definition) is 8. The summed E-state index contributed by atoms with van der Waals surface area (Å²) in [6.45, 7) is 1.62. The van der Waals surface area contributed by atoms with Gasteiger partial charge in [0, 0.05) is 11.1 Å². The normalized spacial score (nSPS) is 17.3. The summed E-state index contributed by atoms with van der Waals surface area (Å²) in [5.74, 6) is -2.21. The predicted octanol–water partition coefficient (Wildman–Crippen LogP) is 3.87. The fraction of sp³-hybridized carbons (Fsp3) is 0.167. The van der Waals surface area contributed by atoms with Crippen molar-refractivity contribution in [1.29, 1.82) is 0 Å². The second-order valence-corrected chi connectivity index (χ2v) is 8.16. The van der Waals surface area contributed by atoms with Crippen molar-refractivity contribution in [2.75, 3.05) is 19.1 Å². The number of aryl methyl sites for hydroxylation is 1. The highest BCUT2D eigenvalue weighted by Gasteiger charge is 2.49. The van der Waals surface area contributed by atoms with Gasteiger partial charge < -0.3 is 14.6 Å². The first-order chi connectivity index (χ1) is 15.9. The van der Waals surface area contributed by atoms with E-state index in [0.29, 0.717) is 22.6 Å². The SMILES string of the molecule is COC(=O)c1sc(N2C(=O)C(=O)/C(=C(/O)c3ccccc3)[C@H]2c2ccccc2OC)nc1C. The van der Waals surface area contributed by atoms with Crippen molar-refractivity contribution in [2.24, 2.45) is 0 Å². The number of hydrogen-bond donors (Lipinski definition) is 1. The lowest BCUT2D eigenvalue weighted by atomic mass is 9.95. The predicted molar refractivity (Wildman–Crippen MR) is 122 cm³/mol. The minimum atomic E-state index is -1.02. The Morgan fingerprint density at radius 2 is 1.73 bits per heavy atom. The number of rotatable bonds is 5. The van der Waals surface area contributed by atoms with Crippen LogP contribution in [0.3, 0.4) is 0 Å². The Balaban J connectivity index is 1.97. The fourth-order valence-corrected chi connectivity index (χ4v) is 4.75. The average molecular weight is 464 g/mol. The maximum absolute atomic E-state index is 13.2. The van der Waals surface area contributed by atoms with Crippen molar-refractivity contribution in [1.82, 2.24) is 4.98 Å². The Kier molecular flexibility index (Phi) is 5.97. The number of nitrogens with zero attached hydrogens (tertiary/aromatic N) is 2. The molecule has 0 radical (unpaired) electrons. The van der Waals surface area contributed by atoms with Crippen molar-refractivity contribution in [3.8, 4) is 5.75 Å². The molecule has 33 heavy (non-hydrogen) atoms. The summed E-state index contributed by atoms with van der Waals surface area (Å²) in [6, 6.07) is 14.4. The van der Waals surface area contributed by atoms with E-state index >= 15 is 0 Å². The van der Waals surface area contributed by atoms with Gasteiger partial charge in [-0.15, -0.1) is 0 Å². The number of carbonyl (C=O) groups excluding carboxylic acids is 3. The summed E-state index contributed by atoms with van der Waals surface area (Å²) in [6.07, 6.45) is 0. The molecule has 1 aromatic heterocycles. The van der Waals surface area contributed by atoms with Gasteiger partial charge in [-0.1, -0.05) is 59.9 Å². The summed E-state index contributed by atoms with van der Waals surface area (Å²) >= 11 is 0.939. The molecule has 1 amide bonds. The van der Waals surface area contributed by atoms with Crippen LogP contribution in [-0.2, 0) is 14.3 Å². The number of carbonyl (C=O) groups is 3. The fourth-order valence-electron chi connectivity index (χ4n) is 3.74. The number of Topliss-reactive ketones (excluding diaryl/α,β-unsaturated/α-hetero) is 1. The van der Waals surface area contributed by atoms with E-state index < -0.39 is 23.7 Å². The number of benzene rings is 2. The Morgan fingerprint density at radius 3 is 2.39 bits per heavy atom. The minimum absolute atomic E-state index is 0.0943. The molecule has 1 saturated heterocycles. The molecule has 2 heterocycles. The molecular formula is C24H20N2O6S. The Hall–Kier alpha value is -3.98. The third-order valence-electron chi connectivity index (χ3n) is 5.29. The van der Waals surface area contributed by atoms with Gasteiger partial charge >= 0.3 is 11.9 Å². The number of aliphatic hydroxyl groups is 1. The van der Waals surface area contributed by atoms with E-state index in [1.807, 2.05) is 0 Å². The number of para-hydroxylation sites is 1. The minimum Gasteiger partial charge on any atom is -0.507 e. The number of amides is 1. The molecular weight excluding hydrogens is 444 g/mol. The van der Waals surface area contributed by atoms with Crippen molar-refractivity contribution in [2.45, 2.75) is 13.0 Å². The van der Waals surface area contributed by atoms with Crippen LogP contribution in [0.2, 0.25) is 0 Å². The second-order valence-electron chi connectivity index (χ2n) is 7.18. The van der Waals surface area contributed by atoms with E-state index in [1.54, 1.807) is 61.5 Å². The molecule has 3 aromatic rings. The molecule has 1 fully saturated rings. The van der Waals surface area contributed by atoms with Crippen LogP contribution in [0.4, 0.5) is 5.13 Å². The molecule has 0 bridgehead atoms. The summed E-state index contributed by atoms with van der Waals surface area (Å²) in [4.78, 5) is 44.3. The summed E-state index contributed by atoms with van der Waals surface area (Å²) in [7, 11) is 2.73. The Labute approximate surface area is 193 Å². The molecule has 0 saturated carbocycles. The van der Waals surface area contributed by atoms with Crippen LogP contribution >= 0.6 is 11.3 Å². The maximum atomic E-state index is 13.2. The number of aliphatic hydroxyl groups excluding tert-OH is 1. The van der Waals surface area contributed by atoms with Crippen molar-refractivity contribution in [3.05, 3.63) is 81.9 Å². The van der Waals surface area contributed by atoms with Gasteiger partial charge in [-0.2, -0.15) is 0 Å². The van der Waals surface area contributed by atoms with E-state index in [0.717, 1.165) is 11.3 Å². The first-order valence-electron chi connectivity index (χ1n) is 9.94. The number of ether oxygens (including phenoxy) is 2. The quantitative estimate of drug-likeness (QED) is 0.264. The van der Waals surface area contributed by atoms with Gasteiger partial charge in [0.2, 0.25) is 0 Å². The summed E-state index contributed by atoms with van der Waals surface area (Å²) in [5, 5.41) is 11.2. The number of methoxy groups -OCH3 is 2. The lowest BCUT2D eigenvalue weighted by Gasteiger charge is -2.24. The molecule has 4 rings (SSSR count). The first kappa shape index (κ1) is 22.2. The standard InChI is InChI=1S/C24H20N2O6S/c1-13-21(23(30)32-3)33-24(25-13)26-18(15-11-7-8-12-16(15)31-2)17(20(28)22(26)29)19(27)14-9-5-4-6-10-14/h4-12,18,27H,1-3H3/b19-17+/t18-/m1/s1. The number of ketones is 1. The third kappa shape index (κ3) is 3.76. The molecule has 168 valence electrons. The number of aromatic nitrogens is 1. The summed E-state index contributed by atoms with van der Waals surface area (Å²) < 4.78 is 10.3. The highest BCUT2D eigenvalue weighted by atomic mass is 32.1. The zero-order valence-electron chi connectivity index (χ0n) is 18.1. The Morgan fingerprint density at radius 1 is 1.06 bits per heavy atom. The second kappa shape index (κ2) is 8.87. The van der Waals surface area contributed by atoms with Crippen LogP contribution in [0.15, 0.2) is 60.2 Å². The first-order valence-corrected chi connectivity index (χ1v) is 10.8. The van der Waals surface area contributed by atoms with Crippen LogP contribution < -0.4 is 9.64 Å². The monoisotopic (exact) mass is 464 g/mol. The average Bonchev–Trinajstić information content (AvgIpc) is 3.35. The molecule has 0 unspecified atom stereocenters. The molecule has 1 aliphatic rings. The zero-order valence-corrected chi connectivity index (χ0v) is 18.9. The number of thiazole rings is 1. The molecule has 0 aliphatic carbocycles. The van der Waals surface area contributed by atoms with Gasteiger partial charge in [-0.25, -0.2) is 9.78 Å². The molecule has 2 aromatic carbocycles. The van der Waals surface area contributed by atoms with Gasteiger partial charge in [-0.3, -0.25) is 14.5 Å². The smallest absolute Gasteiger partial charge is 0.350 e. The van der Waals surface area contributed by atoms with Gasteiger partial charge in [-0.05, 0) is 13.0 Å². The largest absolute Gasteiger partial charge is 0.507 e. The molecule has 1 atom stereocenters. The van der Waals surface area contributed by atoms with Crippen molar-refractivity contribution < 1.29 is 29.0 Å². The Bertz CT molecular complexity index is 1280. The van der Waals surface area contributed by atoms with Crippen LogP contribution in [-0.4, -0.2) is 42.0 Å². The zero-order chi connectivity index (χ0) is 23.7.